The molecule has 35 heavy (non-hydrogen) atoms. The zero-order chi connectivity index (χ0) is 24.7. The molecule has 0 spiro atoms. The molecule has 1 aliphatic heterocycles. The van der Waals surface area contributed by atoms with Crippen molar-refractivity contribution in [3.63, 3.8) is 0 Å². The SMILES string of the molecule is O=C(NCCc1ccccc1)c1ccc(CCC2CC(C(F)(F)F)=CC(c3cccnc3)=N2)cc1. The molecule has 1 N–H and O–H groups in total. The van der Waals surface area contributed by atoms with E-state index in [4.69, 9.17) is 0 Å². The van der Waals surface area contributed by atoms with E-state index in [-0.39, 0.29) is 12.3 Å². The number of carbonyl (C=O) groups excluding carboxylic acids is 1. The van der Waals surface area contributed by atoms with Crippen molar-refractivity contribution in [3.8, 4) is 0 Å². The van der Waals surface area contributed by atoms with Crippen LogP contribution in [-0.2, 0) is 12.8 Å². The summed E-state index contributed by atoms with van der Waals surface area (Å²) >= 11 is 0. The number of nitrogens with one attached hydrogen (secondary N) is 1. The summed E-state index contributed by atoms with van der Waals surface area (Å²) in [4.78, 5) is 21.0. The number of dihydropyridines is 1. The monoisotopic (exact) mass is 477 g/mol. The molecule has 4 rings (SSSR count). The summed E-state index contributed by atoms with van der Waals surface area (Å²) in [7, 11) is 0. The van der Waals surface area contributed by atoms with Crippen molar-refractivity contribution < 1.29 is 18.0 Å². The van der Waals surface area contributed by atoms with Gasteiger partial charge in [-0.25, -0.2) is 0 Å². The topological polar surface area (TPSA) is 54.4 Å². The van der Waals surface area contributed by atoms with Crippen LogP contribution in [0.25, 0.3) is 0 Å². The number of alkyl halides is 3. The molecule has 0 saturated carbocycles. The number of aromatic nitrogens is 1. The molecule has 2 heterocycles. The van der Waals surface area contributed by atoms with E-state index in [1.165, 1.54) is 6.20 Å². The van der Waals surface area contributed by atoms with E-state index in [0.29, 0.717) is 36.2 Å². The number of allylic oxidation sites excluding steroid dienone is 1. The molecule has 180 valence electrons. The van der Waals surface area contributed by atoms with Crippen molar-refractivity contribution in [1.82, 2.24) is 10.3 Å². The fourth-order valence-corrected chi connectivity index (χ4v) is 4.02. The van der Waals surface area contributed by atoms with E-state index in [1.807, 2.05) is 42.5 Å². The molecule has 0 aliphatic carbocycles. The molecule has 0 radical (unpaired) electrons. The second-order valence-electron chi connectivity index (χ2n) is 8.51. The lowest BCUT2D eigenvalue weighted by Crippen LogP contribution is -2.25. The molecule has 1 unspecified atom stereocenters. The highest BCUT2D eigenvalue weighted by molar-refractivity contribution is 6.09. The Labute approximate surface area is 202 Å². The van der Waals surface area contributed by atoms with Gasteiger partial charge in [-0.1, -0.05) is 42.5 Å². The zero-order valence-corrected chi connectivity index (χ0v) is 19.1. The highest BCUT2D eigenvalue weighted by atomic mass is 19.4. The first-order chi connectivity index (χ1) is 16.9. The van der Waals surface area contributed by atoms with Crippen molar-refractivity contribution in [1.29, 1.82) is 0 Å². The molecule has 1 atom stereocenters. The van der Waals surface area contributed by atoms with Gasteiger partial charge in [0.15, 0.2) is 0 Å². The first-order valence-corrected chi connectivity index (χ1v) is 11.6. The van der Waals surface area contributed by atoms with Crippen molar-refractivity contribution in [3.05, 3.63) is 113 Å². The first kappa shape index (κ1) is 24.4. The van der Waals surface area contributed by atoms with Crippen LogP contribution >= 0.6 is 0 Å². The van der Waals surface area contributed by atoms with Gasteiger partial charge in [0.05, 0.1) is 11.8 Å². The number of halogens is 3. The Morgan fingerprint density at radius 3 is 2.37 bits per heavy atom. The van der Waals surface area contributed by atoms with E-state index < -0.39 is 17.8 Å². The fourth-order valence-electron chi connectivity index (χ4n) is 4.02. The number of amides is 1. The Hall–Kier alpha value is -3.74. The number of benzene rings is 2. The summed E-state index contributed by atoms with van der Waals surface area (Å²) in [5, 5.41) is 2.92. The molecule has 3 aromatic rings. The lowest BCUT2D eigenvalue weighted by Gasteiger charge is -2.23. The van der Waals surface area contributed by atoms with Gasteiger partial charge in [0.2, 0.25) is 0 Å². The molecular weight excluding hydrogens is 451 g/mol. The smallest absolute Gasteiger partial charge is 0.352 e. The van der Waals surface area contributed by atoms with Crippen LogP contribution in [0.4, 0.5) is 13.2 Å². The standard InChI is InChI=1S/C28H26F3N3O/c29-28(30,31)24-17-25(34-26(18-24)23-7-4-15-32-19-23)13-10-21-8-11-22(12-9-21)27(35)33-16-14-20-5-2-1-3-6-20/h1-9,11-12,15,18-19,25H,10,13-14,16-17H2,(H,33,35). The lowest BCUT2D eigenvalue weighted by molar-refractivity contribution is -0.0946. The Bertz CT molecular complexity index is 1190. The van der Waals surface area contributed by atoms with E-state index in [1.54, 1.807) is 30.5 Å². The third-order valence-corrected chi connectivity index (χ3v) is 5.93. The molecule has 0 saturated heterocycles. The maximum absolute atomic E-state index is 13.5. The largest absolute Gasteiger partial charge is 0.412 e. The van der Waals surface area contributed by atoms with Gasteiger partial charge in [-0.05, 0) is 67.2 Å². The number of rotatable bonds is 8. The maximum Gasteiger partial charge on any atom is 0.412 e. The molecule has 7 heteroatoms. The predicted molar refractivity (Wildman–Crippen MR) is 131 cm³/mol. The number of aliphatic imine (C=N–C) groups is 1. The van der Waals surface area contributed by atoms with Crippen LogP contribution in [0.3, 0.4) is 0 Å². The normalized spacial score (nSPS) is 15.8. The summed E-state index contributed by atoms with van der Waals surface area (Å²) in [6.07, 6.45) is 1.48. The Balaban J connectivity index is 1.34. The van der Waals surface area contributed by atoms with Crippen LogP contribution in [0, 0.1) is 0 Å². The number of carbonyl (C=O) groups is 1. The molecule has 1 aromatic heterocycles. The summed E-state index contributed by atoms with van der Waals surface area (Å²) < 4.78 is 40.5. The van der Waals surface area contributed by atoms with E-state index in [2.05, 4.69) is 15.3 Å². The fraction of sp³-hybridized carbons (Fsp3) is 0.250. The zero-order valence-electron chi connectivity index (χ0n) is 19.1. The molecule has 4 nitrogen and oxygen atoms in total. The second-order valence-corrected chi connectivity index (χ2v) is 8.51. The van der Waals surface area contributed by atoms with E-state index in [0.717, 1.165) is 23.6 Å². The highest BCUT2D eigenvalue weighted by Crippen LogP contribution is 2.34. The highest BCUT2D eigenvalue weighted by Gasteiger charge is 2.37. The van der Waals surface area contributed by atoms with Crippen molar-refractivity contribution in [2.24, 2.45) is 4.99 Å². The average Bonchev–Trinajstić information content (AvgIpc) is 2.88. The number of hydrogen-bond acceptors (Lipinski definition) is 3. The Morgan fingerprint density at radius 1 is 0.943 bits per heavy atom. The third-order valence-electron chi connectivity index (χ3n) is 5.93. The van der Waals surface area contributed by atoms with Crippen molar-refractivity contribution >= 4 is 11.6 Å². The van der Waals surface area contributed by atoms with Gasteiger partial charge in [-0.15, -0.1) is 0 Å². The Morgan fingerprint density at radius 2 is 1.69 bits per heavy atom. The van der Waals surface area contributed by atoms with Crippen molar-refractivity contribution in [2.45, 2.75) is 37.9 Å². The summed E-state index contributed by atoms with van der Waals surface area (Å²) in [5.74, 6) is -0.148. The minimum absolute atomic E-state index is 0.144. The van der Waals surface area contributed by atoms with Crippen LogP contribution in [0.2, 0.25) is 0 Å². The average molecular weight is 478 g/mol. The number of aryl methyl sites for hydroxylation is 1. The molecular formula is C28H26F3N3O. The predicted octanol–water partition coefficient (Wildman–Crippen LogP) is 5.74. The first-order valence-electron chi connectivity index (χ1n) is 11.6. The summed E-state index contributed by atoms with van der Waals surface area (Å²) in [5.41, 5.74) is 2.97. The number of hydrogen-bond donors (Lipinski definition) is 1. The Kier molecular flexibility index (Phi) is 7.75. The minimum atomic E-state index is -4.39. The minimum Gasteiger partial charge on any atom is -0.352 e. The molecule has 1 aliphatic rings. The number of nitrogens with zero attached hydrogens (tertiary/aromatic N) is 2. The van der Waals surface area contributed by atoms with Crippen molar-refractivity contribution in [2.75, 3.05) is 6.54 Å². The van der Waals surface area contributed by atoms with Gasteiger partial charge in [-0.3, -0.25) is 14.8 Å². The van der Waals surface area contributed by atoms with Gasteiger partial charge >= 0.3 is 6.18 Å². The van der Waals surface area contributed by atoms with Gasteiger partial charge in [0, 0.05) is 35.6 Å². The summed E-state index contributed by atoms with van der Waals surface area (Å²) in [6.45, 7) is 0.540. The molecule has 1 amide bonds. The molecule has 0 bridgehead atoms. The lowest BCUT2D eigenvalue weighted by atomic mass is 9.94. The van der Waals surface area contributed by atoms with Crippen LogP contribution in [0.15, 0.2) is 95.8 Å². The summed E-state index contributed by atoms with van der Waals surface area (Å²) in [6, 6.07) is 20.0. The van der Waals surface area contributed by atoms with Gasteiger partial charge < -0.3 is 5.32 Å². The van der Waals surface area contributed by atoms with Crippen LogP contribution in [0.5, 0.6) is 0 Å². The third kappa shape index (κ3) is 6.88. The quantitative estimate of drug-likeness (QED) is 0.450. The van der Waals surface area contributed by atoms with Crippen LogP contribution in [-0.4, -0.2) is 35.4 Å². The van der Waals surface area contributed by atoms with Crippen LogP contribution in [0.1, 0.15) is 39.9 Å². The maximum atomic E-state index is 13.5. The van der Waals surface area contributed by atoms with Crippen LogP contribution < -0.4 is 5.32 Å². The second kappa shape index (κ2) is 11.1. The van der Waals surface area contributed by atoms with Gasteiger partial charge in [0.1, 0.15) is 0 Å². The van der Waals surface area contributed by atoms with E-state index in [9.17, 15) is 18.0 Å². The van der Waals surface area contributed by atoms with Gasteiger partial charge in [-0.2, -0.15) is 13.2 Å². The number of pyridine rings is 1. The van der Waals surface area contributed by atoms with E-state index >= 15 is 0 Å². The van der Waals surface area contributed by atoms with Gasteiger partial charge in [0.25, 0.3) is 5.91 Å². The molecule has 2 aromatic carbocycles. The molecule has 0 fully saturated rings.